The monoisotopic (exact) mass is 373 g/mol. The highest BCUT2D eigenvalue weighted by Gasteiger charge is 2.34. The number of amides is 1. The van der Waals surface area contributed by atoms with Crippen LogP contribution in [0.4, 0.5) is 0 Å². The largest absolute Gasteiger partial charge is 0.493 e. The smallest absolute Gasteiger partial charge is 0.228 e. The van der Waals surface area contributed by atoms with Gasteiger partial charge < -0.3 is 18.9 Å². The predicted molar refractivity (Wildman–Crippen MR) is 101 cm³/mol. The van der Waals surface area contributed by atoms with Crippen LogP contribution in [-0.2, 0) is 11.2 Å². The first kappa shape index (κ1) is 19.2. The zero-order chi connectivity index (χ0) is 19.4. The maximum Gasteiger partial charge on any atom is 0.228 e. The lowest BCUT2D eigenvalue weighted by Crippen LogP contribution is -2.40. The van der Waals surface area contributed by atoms with Gasteiger partial charge in [-0.15, -0.1) is 0 Å². The van der Waals surface area contributed by atoms with Crippen LogP contribution in [0.2, 0.25) is 0 Å². The predicted octanol–water partition coefficient (Wildman–Crippen LogP) is 3.33. The fourth-order valence-electron chi connectivity index (χ4n) is 3.00. The summed E-state index contributed by atoms with van der Waals surface area (Å²) in [5, 5.41) is 4.07. The molecule has 1 fully saturated rings. The second-order valence-electron chi connectivity index (χ2n) is 6.89. The summed E-state index contributed by atoms with van der Waals surface area (Å²) in [4.78, 5) is 19.0. The van der Waals surface area contributed by atoms with Crippen molar-refractivity contribution in [2.24, 2.45) is 5.92 Å². The van der Waals surface area contributed by atoms with E-state index in [1.54, 1.807) is 14.2 Å². The van der Waals surface area contributed by atoms with Gasteiger partial charge in [0.1, 0.15) is 0 Å². The second kappa shape index (κ2) is 8.41. The SMILES string of the molecule is CC[C@@H](C)N(CCc1nc(-c2ccc(OC)c(OC)c2)no1)C(=O)C1CC1. The van der Waals surface area contributed by atoms with Gasteiger partial charge in [0.05, 0.1) is 14.2 Å². The fraction of sp³-hybridized carbons (Fsp3) is 0.550. The third kappa shape index (κ3) is 4.40. The number of nitrogens with zero attached hydrogens (tertiary/aromatic N) is 3. The average molecular weight is 373 g/mol. The Balaban J connectivity index is 1.69. The van der Waals surface area contributed by atoms with Gasteiger partial charge in [0.15, 0.2) is 11.5 Å². The summed E-state index contributed by atoms with van der Waals surface area (Å²) in [6, 6.07) is 5.70. The summed E-state index contributed by atoms with van der Waals surface area (Å²) in [5.74, 6) is 2.74. The van der Waals surface area contributed by atoms with Gasteiger partial charge in [-0.25, -0.2) is 0 Å². The Morgan fingerprint density at radius 2 is 2.04 bits per heavy atom. The van der Waals surface area contributed by atoms with Gasteiger partial charge in [0, 0.05) is 30.5 Å². The summed E-state index contributed by atoms with van der Waals surface area (Å²) >= 11 is 0. The topological polar surface area (TPSA) is 77.7 Å². The lowest BCUT2D eigenvalue weighted by atomic mass is 10.2. The minimum Gasteiger partial charge on any atom is -0.493 e. The summed E-state index contributed by atoms with van der Waals surface area (Å²) in [6.45, 7) is 4.78. The number of ether oxygens (including phenoxy) is 2. The quantitative estimate of drug-likeness (QED) is 0.671. The van der Waals surface area contributed by atoms with Crippen molar-refractivity contribution in [1.82, 2.24) is 15.0 Å². The first-order chi connectivity index (χ1) is 13.1. The third-order valence-electron chi connectivity index (χ3n) is 5.01. The maximum absolute atomic E-state index is 12.5. The van der Waals surface area contributed by atoms with Crippen LogP contribution in [0.1, 0.15) is 39.0 Å². The molecule has 1 aliphatic rings. The molecule has 0 radical (unpaired) electrons. The van der Waals surface area contributed by atoms with Crippen molar-refractivity contribution < 1.29 is 18.8 Å². The molecule has 3 rings (SSSR count). The van der Waals surface area contributed by atoms with Gasteiger partial charge in [-0.05, 0) is 44.4 Å². The van der Waals surface area contributed by atoms with Crippen LogP contribution in [-0.4, -0.2) is 47.8 Å². The van der Waals surface area contributed by atoms with E-state index in [1.165, 1.54) is 0 Å². The standard InChI is InChI=1S/C20H27N3O4/c1-5-13(2)23(20(24)14-6-7-14)11-10-18-21-19(22-27-18)15-8-9-16(25-3)17(12-15)26-4/h8-9,12-14H,5-7,10-11H2,1-4H3/t13-/m1/s1. The Morgan fingerprint density at radius 1 is 1.30 bits per heavy atom. The fourth-order valence-corrected chi connectivity index (χ4v) is 3.00. The van der Waals surface area contributed by atoms with Crippen molar-refractivity contribution in [2.75, 3.05) is 20.8 Å². The Hall–Kier alpha value is -2.57. The molecule has 1 aromatic heterocycles. The van der Waals surface area contributed by atoms with Crippen LogP contribution in [0.3, 0.4) is 0 Å². The van der Waals surface area contributed by atoms with Crippen LogP contribution in [0, 0.1) is 5.92 Å². The first-order valence-electron chi connectivity index (χ1n) is 9.42. The van der Waals surface area contributed by atoms with E-state index in [-0.39, 0.29) is 17.9 Å². The highest BCUT2D eigenvalue weighted by Crippen LogP contribution is 2.32. The van der Waals surface area contributed by atoms with Crippen LogP contribution < -0.4 is 9.47 Å². The molecule has 146 valence electrons. The second-order valence-corrected chi connectivity index (χ2v) is 6.89. The van der Waals surface area contributed by atoms with Gasteiger partial charge in [-0.1, -0.05) is 12.1 Å². The number of aromatic nitrogens is 2. The normalized spacial score (nSPS) is 14.7. The summed E-state index contributed by atoms with van der Waals surface area (Å²) in [5.41, 5.74) is 0.787. The summed E-state index contributed by atoms with van der Waals surface area (Å²) in [7, 11) is 3.18. The van der Waals surface area contributed by atoms with Crippen LogP contribution in [0.25, 0.3) is 11.4 Å². The molecule has 1 heterocycles. The zero-order valence-corrected chi connectivity index (χ0v) is 16.4. The molecule has 0 aliphatic heterocycles. The van der Waals surface area contributed by atoms with E-state index in [9.17, 15) is 4.79 Å². The molecule has 0 saturated heterocycles. The molecule has 2 aromatic rings. The highest BCUT2D eigenvalue weighted by atomic mass is 16.5. The molecule has 27 heavy (non-hydrogen) atoms. The molecule has 0 N–H and O–H groups in total. The number of benzene rings is 1. The number of hydrogen-bond donors (Lipinski definition) is 0. The lowest BCUT2D eigenvalue weighted by molar-refractivity contribution is -0.134. The molecular formula is C20H27N3O4. The number of hydrogen-bond acceptors (Lipinski definition) is 6. The van der Waals surface area contributed by atoms with Gasteiger partial charge in [0.2, 0.25) is 17.6 Å². The third-order valence-corrected chi connectivity index (χ3v) is 5.01. The van der Waals surface area contributed by atoms with Crippen molar-refractivity contribution in [3.05, 3.63) is 24.1 Å². The van der Waals surface area contributed by atoms with Crippen LogP contribution >= 0.6 is 0 Å². The zero-order valence-electron chi connectivity index (χ0n) is 16.4. The molecular weight excluding hydrogens is 346 g/mol. The highest BCUT2D eigenvalue weighted by molar-refractivity contribution is 5.81. The van der Waals surface area contributed by atoms with Crippen LogP contribution in [0.15, 0.2) is 22.7 Å². The Bertz CT molecular complexity index is 785. The van der Waals surface area contributed by atoms with E-state index < -0.39 is 0 Å². The van der Waals surface area contributed by atoms with Crippen molar-refractivity contribution in [2.45, 2.75) is 45.6 Å². The first-order valence-corrected chi connectivity index (χ1v) is 9.42. The van der Waals surface area contributed by atoms with E-state index in [1.807, 2.05) is 23.1 Å². The maximum atomic E-state index is 12.5. The van der Waals surface area contributed by atoms with Gasteiger partial charge in [-0.3, -0.25) is 4.79 Å². The van der Waals surface area contributed by atoms with Gasteiger partial charge >= 0.3 is 0 Å². The number of rotatable bonds is 9. The van der Waals surface area contributed by atoms with Gasteiger partial charge in [-0.2, -0.15) is 4.98 Å². The Labute approximate surface area is 159 Å². The molecule has 0 unspecified atom stereocenters. The Kier molecular flexibility index (Phi) is 5.98. The van der Waals surface area contributed by atoms with Crippen molar-refractivity contribution >= 4 is 5.91 Å². The molecule has 1 atom stereocenters. The Morgan fingerprint density at radius 3 is 2.67 bits per heavy atom. The number of methoxy groups -OCH3 is 2. The summed E-state index contributed by atoms with van der Waals surface area (Å²) < 4.78 is 16.0. The minimum absolute atomic E-state index is 0.212. The number of carbonyl (C=O) groups is 1. The van der Waals surface area contributed by atoms with Crippen LogP contribution in [0.5, 0.6) is 11.5 Å². The minimum atomic E-state index is 0.212. The lowest BCUT2D eigenvalue weighted by Gasteiger charge is -2.28. The molecule has 7 nitrogen and oxygen atoms in total. The van der Waals surface area contributed by atoms with E-state index in [0.29, 0.717) is 36.2 Å². The van der Waals surface area contributed by atoms with E-state index in [2.05, 4.69) is 24.0 Å². The van der Waals surface area contributed by atoms with Crippen molar-refractivity contribution in [3.8, 4) is 22.9 Å². The molecule has 1 saturated carbocycles. The summed E-state index contributed by atoms with van der Waals surface area (Å²) in [6.07, 6.45) is 3.49. The van der Waals surface area contributed by atoms with E-state index in [0.717, 1.165) is 24.8 Å². The van der Waals surface area contributed by atoms with Crippen molar-refractivity contribution in [1.29, 1.82) is 0 Å². The molecule has 1 aliphatic carbocycles. The molecule has 1 amide bonds. The number of carbonyl (C=O) groups excluding carboxylic acids is 1. The van der Waals surface area contributed by atoms with E-state index >= 15 is 0 Å². The van der Waals surface area contributed by atoms with Gasteiger partial charge in [0.25, 0.3) is 0 Å². The van der Waals surface area contributed by atoms with E-state index in [4.69, 9.17) is 14.0 Å². The molecule has 0 bridgehead atoms. The molecule has 0 spiro atoms. The van der Waals surface area contributed by atoms with Crippen molar-refractivity contribution in [3.63, 3.8) is 0 Å². The molecule has 1 aromatic carbocycles. The average Bonchev–Trinajstić information content (AvgIpc) is 3.45. The molecule has 7 heteroatoms.